The van der Waals surface area contributed by atoms with Crippen molar-refractivity contribution in [1.29, 1.82) is 0 Å². The predicted octanol–water partition coefficient (Wildman–Crippen LogP) is 1.87. The molecule has 2 N–H and O–H groups in total. The number of nitrogens with zero attached hydrogens (tertiary/aromatic N) is 2. The van der Waals surface area contributed by atoms with Gasteiger partial charge in [-0.15, -0.1) is 11.3 Å². The highest BCUT2D eigenvalue weighted by atomic mass is 32.1. The molecule has 0 aliphatic heterocycles. The van der Waals surface area contributed by atoms with Crippen LogP contribution in [-0.2, 0) is 0 Å². The van der Waals surface area contributed by atoms with Gasteiger partial charge in [0.2, 0.25) is 0 Å². The van der Waals surface area contributed by atoms with Gasteiger partial charge in [-0.3, -0.25) is 4.79 Å². The van der Waals surface area contributed by atoms with E-state index < -0.39 is 5.41 Å². The van der Waals surface area contributed by atoms with Crippen LogP contribution in [0.1, 0.15) is 17.4 Å². The molecule has 2 rings (SSSR count). The summed E-state index contributed by atoms with van der Waals surface area (Å²) in [6, 6.07) is 9.69. The second-order valence-corrected chi connectivity index (χ2v) is 6.55. The minimum absolute atomic E-state index is 0.187. The average molecular weight is 320 g/mol. The number of aliphatic hydroxyl groups is 2. The molecule has 118 valence electrons. The fourth-order valence-corrected chi connectivity index (χ4v) is 2.88. The fraction of sp³-hybridized carbons (Fsp3) is 0.375. The summed E-state index contributed by atoms with van der Waals surface area (Å²) >= 11 is 1.42. The standard InChI is InChI=1S/C16H20N2O3S/c1-16(10-19,11-20)9-18(2)15(21)13-8-22-14(17-13)12-6-4-3-5-7-12/h3-8,19-20H,9-11H2,1-2H3. The van der Waals surface area contributed by atoms with E-state index in [1.807, 2.05) is 30.3 Å². The number of hydrogen-bond acceptors (Lipinski definition) is 5. The Balaban J connectivity index is 2.12. The van der Waals surface area contributed by atoms with Crippen molar-refractivity contribution in [2.45, 2.75) is 6.92 Å². The maximum absolute atomic E-state index is 12.4. The van der Waals surface area contributed by atoms with E-state index in [1.54, 1.807) is 19.4 Å². The molecular weight excluding hydrogens is 300 g/mol. The molecular formula is C16H20N2O3S. The topological polar surface area (TPSA) is 73.7 Å². The molecule has 0 aliphatic carbocycles. The second-order valence-electron chi connectivity index (χ2n) is 5.69. The number of rotatable bonds is 6. The van der Waals surface area contributed by atoms with Crippen LogP contribution in [0.25, 0.3) is 10.6 Å². The Kier molecular flexibility index (Phi) is 5.28. The van der Waals surface area contributed by atoms with Gasteiger partial charge in [-0.25, -0.2) is 4.98 Å². The number of thiazole rings is 1. The number of carbonyl (C=O) groups excluding carboxylic acids is 1. The number of benzene rings is 1. The van der Waals surface area contributed by atoms with E-state index >= 15 is 0 Å². The Bertz CT molecular complexity index is 623. The molecule has 1 heterocycles. The molecule has 1 aromatic carbocycles. The Morgan fingerprint density at radius 2 is 1.91 bits per heavy atom. The van der Waals surface area contributed by atoms with Crippen molar-refractivity contribution in [1.82, 2.24) is 9.88 Å². The lowest BCUT2D eigenvalue weighted by atomic mass is 9.92. The molecule has 5 nitrogen and oxygen atoms in total. The number of aromatic nitrogens is 1. The lowest BCUT2D eigenvalue weighted by Gasteiger charge is -2.29. The van der Waals surface area contributed by atoms with Crippen molar-refractivity contribution in [2.24, 2.45) is 5.41 Å². The largest absolute Gasteiger partial charge is 0.396 e. The summed E-state index contributed by atoms with van der Waals surface area (Å²) in [5, 5.41) is 21.2. The first-order chi connectivity index (χ1) is 10.5. The average Bonchev–Trinajstić information content (AvgIpc) is 3.04. The Labute approximate surface area is 133 Å². The third-order valence-corrected chi connectivity index (χ3v) is 4.36. The summed E-state index contributed by atoms with van der Waals surface area (Å²) in [5.41, 5.74) is 0.636. The molecule has 0 saturated carbocycles. The van der Waals surface area contributed by atoms with Crippen LogP contribution in [0.3, 0.4) is 0 Å². The predicted molar refractivity (Wildman–Crippen MR) is 86.8 cm³/mol. The van der Waals surface area contributed by atoms with E-state index in [0.717, 1.165) is 10.6 Å². The van der Waals surface area contributed by atoms with Gasteiger partial charge in [0.1, 0.15) is 10.7 Å². The van der Waals surface area contributed by atoms with Gasteiger partial charge in [-0.1, -0.05) is 37.3 Å². The van der Waals surface area contributed by atoms with Gasteiger partial charge in [-0.2, -0.15) is 0 Å². The minimum Gasteiger partial charge on any atom is -0.396 e. The highest BCUT2D eigenvalue weighted by Gasteiger charge is 2.27. The molecule has 1 amide bonds. The number of hydrogen-bond donors (Lipinski definition) is 2. The maximum atomic E-state index is 12.4. The van der Waals surface area contributed by atoms with Crippen molar-refractivity contribution < 1.29 is 15.0 Å². The van der Waals surface area contributed by atoms with Gasteiger partial charge < -0.3 is 15.1 Å². The van der Waals surface area contributed by atoms with Crippen LogP contribution in [-0.4, -0.2) is 52.8 Å². The van der Waals surface area contributed by atoms with Crippen molar-refractivity contribution in [2.75, 3.05) is 26.8 Å². The molecule has 0 bridgehead atoms. The molecule has 6 heteroatoms. The molecule has 0 aliphatic rings. The SMILES string of the molecule is CN(CC(C)(CO)CO)C(=O)c1csc(-c2ccccc2)n1. The Hall–Kier alpha value is -1.76. The normalized spacial score (nSPS) is 11.5. The fourth-order valence-electron chi connectivity index (χ4n) is 2.08. The molecule has 0 spiro atoms. The van der Waals surface area contributed by atoms with E-state index in [0.29, 0.717) is 5.69 Å². The molecule has 1 aromatic heterocycles. The third kappa shape index (κ3) is 3.71. The zero-order valence-electron chi connectivity index (χ0n) is 12.7. The lowest BCUT2D eigenvalue weighted by molar-refractivity contribution is 0.0364. The molecule has 0 saturated heterocycles. The van der Waals surface area contributed by atoms with E-state index in [-0.39, 0.29) is 25.7 Å². The summed E-state index contributed by atoms with van der Waals surface area (Å²) in [6.07, 6.45) is 0. The molecule has 0 unspecified atom stereocenters. The van der Waals surface area contributed by atoms with Crippen LogP contribution >= 0.6 is 11.3 Å². The molecule has 2 aromatic rings. The monoisotopic (exact) mass is 320 g/mol. The molecule has 22 heavy (non-hydrogen) atoms. The van der Waals surface area contributed by atoms with Gasteiger partial charge in [0.05, 0.1) is 13.2 Å². The van der Waals surface area contributed by atoms with Gasteiger partial charge in [0.15, 0.2) is 0 Å². The van der Waals surface area contributed by atoms with Crippen LogP contribution in [0.15, 0.2) is 35.7 Å². The lowest BCUT2D eigenvalue weighted by Crippen LogP contribution is -2.41. The Morgan fingerprint density at radius 1 is 1.27 bits per heavy atom. The molecule has 0 atom stereocenters. The summed E-state index contributed by atoms with van der Waals surface area (Å²) in [7, 11) is 1.65. The molecule has 0 radical (unpaired) electrons. The maximum Gasteiger partial charge on any atom is 0.273 e. The summed E-state index contributed by atoms with van der Waals surface area (Å²) in [4.78, 5) is 18.3. The zero-order chi connectivity index (χ0) is 16.2. The van der Waals surface area contributed by atoms with E-state index in [1.165, 1.54) is 16.2 Å². The van der Waals surface area contributed by atoms with E-state index in [4.69, 9.17) is 0 Å². The first-order valence-corrected chi connectivity index (χ1v) is 7.85. The first-order valence-electron chi connectivity index (χ1n) is 6.97. The van der Waals surface area contributed by atoms with Gasteiger partial charge >= 0.3 is 0 Å². The van der Waals surface area contributed by atoms with Crippen LogP contribution < -0.4 is 0 Å². The van der Waals surface area contributed by atoms with E-state index in [2.05, 4.69) is 4.98 Å². The second kappa shape index (κ2) is 7.00. The van der Waals surface area contributed by atoms with Crippen LogP contribution in [0.4, 0.5) is 0 Å². The van der Waals surface area contributed by atoms with Gasteiger partial charge in [0, 0.05) is 30.0 Å². The van der Waals surface area contributed by atoms with Gasteiger partial charge in [0.25, 0.3) is 5.91 Å². The highest BCUT2D eigenvalue weighted by molar-refractivity contribution is 7.13. The zero-order valence-corrected chi connectivity index (χ0v) is 13.5. The first kappa shape index (κ1) is 16.6. The Morgan fingerprint density at radius 3 is 2.50 bits per heavy atom. The quantitative estimate of drug-likeness (QED) is 0.852. The smallest absolute Gasteiger partial charge is 0.273 e. The van der Waals surface area contributed by atoms with Crippen molar-refractivity contribution in [3.63, 3.8) is 0 Å². The van der Waals surface area contributed by atoms with Crippen LogP contribution in [0.5, 0.6) is 0 Å². The third-order valence-electron chi connectivity index (χ3n) is 3.47. The van der Waals surface area contributed by atoms with Crippen molar-refractivity contribution >= 4 is 17.2 Å². The number of aliphatic hydroxyl groups excluding tert-OH is 2. The number of amides is 1. The summed E-state index contributed by atoms with van der Waals surface area (Å²) in [6.45, 7) is 1.62. The van der Waals surface area contributed by atoms with Gasteiger partial charge in [-0.05, 0) is 0 Å². The van der Waals surface area contributed by atoms with E-state index in [9.17, 15) is 15.0 Å². The van der Waals surface area contributed by atoms with Crippen molar-refractivity contribution in [3.8, 4) is 10.6 Å². The van der Waals surface area contributed by atoms with Crippen LogP contribution in [0.2, 0.25) is 0 Å². The molecule has 0 fully saturated rings. The summed E-state index contributed by atoms with van der Waals surface area (Å²) in [5.74, 6) is -0.216. The van der Waals surface area contributed by atoms with Crippen molar-refractivity contribution in [3.05, 3.63) is 41.4 Å². The highest BCUT2D eigenvalue weighted by Crippen LogP contribution is 2.24. The van der Waals surface area contributed by atoms with Crippen LogP contribution in [0, 0.1) is 5.41 Å². The summed E-state index contributed by atoms with van der Waals surface area (Å²) < 4.78 is 0. The minimum atomic E-state index is -0.720. The number of carbonyl (C=O) groups is 1.